The number of halogens is 2. The molecule has 3 nitrogen and oxygen atoms in total. The molecule has 1 heterocycles. The Bertz CT molecular complexity index is 672. The third-order valence-electron chi connectivity index (χ3n) is 3.52. The lowest BCUT2D eigenvalue weighted by molar-refractivity contribution is -0.117. The maximum absolute atomic E-state index is 12.8. The first-order chi connectivity index (χ1) is 10.1. The van der Waals surface area contributed by atoms with Gasteiger partial charge in [-0.3, -0.25) is 4.79 Å². The van der Waals surface area contributed by atoms with Crippen LogP contribution < -0.4 is 10.6 Å². The number of fused-ring (bicyclic) bond motifs is 1. The Morgan fingerprint density at radius 1 is 1.19 bits per heavy atom. The van der Waals surface area contributed by atoms with Crippen LogP contribution in [0.4, 0.5) is 10.1 Å². The molecule has 0 radical (unpaired) electrons. The van der Waals surface area contributed by atoms with Crippen LogP contribution in [0, 0.1) is 5.82 Å². The minimum absolute atomic E-state index is 0.0396. The molecule has 0 bridgehead atoms. The van der Waals surface area contributed by atoms with Crippen LogP contribution in [-0.2, 0) is 11.2 Å². The first-order valence-electron chi connectivity index (χ1n) is 6.71. The maximum atomic E-state index is 12.8. The SMILES string of the molecule is O=C1Nc2ccc(Br)cc2C1NCCc1ccc(F)cc1. The lowest BCUT2D eigenvalue weighted by Crippen LogP contribution is -2.29. The lowest BCUT2D eigenvalue weighted by atomic mass is 10.1. The number of hydrogen-bond acceptors (Lipinski definition) is 2. The van der Waals surface area contributed by atoms with E-state index in [1.54, 1.807) is 12.1 Å². The van der Waals surface area contributed by atoms with Gasteiger partial charge in [-0.05, 0) is 42.3 Å². The molecule has 2 aromatic carbocycles. The molecule has 2 aromatic rings. The van der Waals surface area contributed by atoms with Crippen LogP contribution in [0.2, 0.25) is 0 Å². The van der Waals surface area contributed by atoms with Gasteiger partial charge < -0.3 is 10.6 Å². The molecule has 0 saturated carbocycles. The summed E-state index contributed by atoms with van der Waals surface area (Å²) in [5, 5.41) is 6.11. The average molecular weight is 349 g/mol. The number of amides is 1. The molecule has 1 amide bonds. The highest BCUT2D eigenvalue weighted by Gasteiger charge is 2.29. The van der Waals surface area contributed by atoms with Gasteiger partial charge >= 0.3 is 0 Å². The third-order valence-corrected chi connectivity index (χ3v) is 4.01. The van der Waals surface area contributed by atoms with Gasteiger partial charge in [0.1, 0.15) is 11.9 Å². The summed E-state index contributed by atoms with van der Waals surface area (Å²) >= 11 is 3.42. The Hall–Kier alpha value is -1.72. The lowest BCUT2D eigenvalue weighted by Gasteiger charge is -2.11. The predicted octanol–water partition coefficient (Wildman–Crippen LogP) is 3.41. The van der Waals surface area contributed by atoms with E-state index < -0.39 is 0 Å². The Morgan fingerprint density at radius 2 is 1.95 bits per heavy atom. The van der Waals surface area contributed by atoms with Crippen molar-refractivity contribution in [3.05, 3.63) is 63.9 Å². The van der Waals surface area contributed by atoms with Crippen molar-refractivity contribution in [2.24, 2.45) is 0 Å². The van der Waals surface area contributed by atoms with Gasteiger partial charge in [-0.2, -0.15) is 0 Å². The number of hydrogen-bond donors (Lipinski definition) is 2. The molecule has 1 aliphatic rings. The minimum atomic E-state index is -0.335. The van der Waals surface area contributed by atoms with Gasteiger partial charge in [-0.15, -0.1) is 0 Å². The molecule has 3 rings (SSSR count). The predicted molar refractivity (Wildman–Crippen MR) is 83.6 cm³/mol. The van der Waals surface area contributed by atoms with Gasteiger partial charge in [0, 0.05) is 22.3 Å². The van der Waals surface area contributed by atoms with Crippen molar-refractivity contribution in [1.82, 2.24) is 5.32 Å². The summed E-state index contributed by atoms with van der Waals surface area (Å²) in [6.45, 7) is 0.648. The zero-order chi connectivity index (χ0) is 14.8. The van der Waals surface area contributed by atoms with Crippen LogP contribution in [0.1, 0.15) is 17.2 Å². The molecule has 1 atom stereocenters. The van der Waals surface area contributed by atoms with Crippen LogP contribution in [-0.4, -0.2) is 12.5 Å². The second kappa shape index (κ2) is 5.95. The molecular formula is C16H14BrFN2O. The highest BCUT2D eigenvalue weighted by molar-refractivity contribution is 9.10. The van der Waals surface area contributed by atoms with Gasteiger partial charge in [-0.1, -0.05) is 28.1 Å². The van der Waals surface area contributed by atoms with Crippen LogP contribution in [0.25, 0.3) is 0 Å². The van der Waals surface area contributed by atoms with Crippen LogP contribution >= 0.6 is 15.9 Å². The van der Waals surface area contributed by atoms with E-state index in [1.807, 2.05) is 18.2 Å². The van der Waals surface area contributed by atoms with E-state index in [-0.39, 0.29) is 17.8 Å². The van der Waals surface area contributed by atoms with E-state index in [1.165, 1.54) is 12.1 Å². The zero-order valence-electron chi connectivity index (χ0n) is 11.2. The number of carbonyl (C=O) groups is 1. The summed E-state index contributed by atoms with van der Waals surface area (Å²) in [5.74, 6) is -0.275. The number of carbonyl (C=O) groups excluding carboxylic acids is 1. The Balaban J connectivity index is 1.65. The fourth-order valence-corrected chi connectivity index (χ4v) is 2.83. The number of anilines is 1. The van der Waals surface area contributed by atoms with E-state index in [0.29, 0.717) is 6.54 Å². The number of benzene rings is 2. The van der Waals surface area contributed by atoms with Crippen LogP contribution in [0.5, 0.6) is 0 Å². The largest absolute Gasteiger partial charge is 0.324 e. The second-order valence-electron chi connectivity index (χ2n) is 4.98. The highest BCUT2D eigenvalue weighted by Crippen LogP contribution is 2.32. The molecule has 0 aliphatic carbocycles. The maximum Gasteiger partial charge on any atom is 0.246 e. The third kappa shape index (κ3) is 3.14. The molecule has 5 heteroatoms. The van der Waals surface area contributed by atoms with E-state index in [9.17, 15) is 9.18 Å². The van der Waals surface area contributed by atoms with Gasteiger partial charge in [0.05, 0.1) is 0 Å². The summed E-state index contributed by atoms with van der Waals surface area (Å²) in [4.78, 5) is 12.0. The van der Waals surface area contributed by atoms with Crippen LogP contribution in [0.3, 0.4) is 0 Å². The first kappa shape index (κ1) is 14.2. The molecule has 108 valence electrons. The summed E-state index contributed by atoms with van der Waals surface area (Å²) < 4.78 is 13.8. The fourth-order valence-electron chi connectivity index (χ4n) is 2.45. The topological polar surface area (TPSA) is 41.1 Å². The second-order valence-corrected chi connectivity index (χ2v) is 5.90. The van der Waals surface area contributed by atoms with Crippen molar-refractivity contribution in [1.29, 1.82) is 0 Å². The quantitative estimate of drug-likeness (QED) is 0.888. The molecular weight excluding hydrogens is 335 g/mol. The molecule has 0 saturated heterocycles. The zero-order valence-corrected chi connectivity index (χ0v) is 12.8. The first-order valence-corrected chi connectivity index (χ1v) is 7.51. The summed E-state index contributed by atoms with van der Waals surface area (Å²) in [6, 6.07) is 11.8. The Labute approximate surface area is 130 Å². The molecule has 1 aliphatic heterocycles. The highest BCUT2D eigenvalue weighted by atomic mass is 79.9. The van der Waals surface area contributed by atoms with E-state index >= 15 is 0 Å². The molecule has 21 heavy (non-hydrogen) atoms. The Morgan fingerprint density at radius 3 is 2.71 bits per heavy atom. The fraction of sp³-hybridized carbons (Fsp3) is 0.188. The van der Waals surface area contributed by atoms with E-state index in [0.717, 1.165) is 27.7 Å². The smallest absolute Gasteiger partial charge is 0.246 e. The van der Waals surface area contributed by atoms with Gasteiger partial charge in [-0.25, -0.2) is 4.39 Å². The van der Waals surface area contributed by atoms with Gasteiger partial charge in [0.15, 0.2) is 0 Å². The van der Waals surface area contributed by atoms with Gasteiger partial charge in [0.25, 0.3) is 0 Å². The number of nitrogens with one attached hydrogen (secondary N) is 2. The molecule has 0 aromatic heterocycles. The summed E-state index contributed by atoms with van der Waals surface area (Å²) in [7, 11) is 0. The normalized spacial score (nSPS) is 16.7. The Kier molecular flexibility index (Phi) is 4.03. The minimum Gasteiger partial charge on any atom is -0.324 e. The van der Waals surface area contributed by atoms with E-state index in [4.69, 9.17) is 0 Å². The van der Waals surface area contributed by atoms with Gasteiger partial charge in [0.2, 0.25) is 5.91 Å². The molecule has 0 spiro atoms. The monoisotopic (exact) mass is 348 g/mol. The molecule has 1 unspecified atom stereocenters. The van der Waals surface area contributed by atoms with Crippen LogP contribution in [0.15, 0.2) is 46.9 Å². The molecule has 0 fully saturated rings. The van der Waals surface area contributed by atoms with E-state index in [2.05, 4.69) is 26.6 Å². The molecule has 2 N–H and O–H groups in total. The van der Waals surface area contributed by atoms with Crippen molar-refractivity contribution in [3.63, 3.8) is 0 Å². The summed E-state index contributed by atoms with van der Waals surface area (Å²) in [6.07, 6.45) is 0.743. The summed E-state index contributed by atoms with van der Waals surface area (Å²) in [5.41, 5.74) is 2.84. The van der Waals surface area contributed by atoms with Crippen molar-refractivity contribution < 1.29 is 9.18 Å². The van der Waals surface area contributed by atoms with Crippen molar-refractivity contribution in [3.8, 4) is 0 Å². The number of rotatable bonds is 4. The standard InChI is InChI=1S/C16H14BrFN2O/c17-11-3-6-14-13(9-11)15(16(21)20-14)19-8-7-10-1-4-12(18)5-2-10/h1-6,9,15,19H,7-8H2,(H,20,21). The van der Waals surface area contributed by atoms with Crippen molar-refractivity contribution >= 4 is 27.5 Å². The van der Waals surface area contributed by atoms with Crippen molar-refractivity contribution in [2.45, 2.75) is 12.5 Å². The van der Waals surface area contributed by atoms with Crippen molar-refractivity contribution in [2.75, 3.05) is 11.9 Å². The average Bonchev–Trinajstić information content (AvgIpc) is 2.77.